The van der Waals surface area contributed by atoms with E-state index in [-0.39, 0.29) is 16.6 Å². The summed E-state index contributed by atoms with van der Waals surface area (Å²) < 4.78 is 6.54. The quantitative estimate of drug-likeness (QED) is 0.253. The molecule has 0 aromatic carbocycles. The molecule has 13 heavy (non-hydrogen) atoms. The van der Waals surface area contributed by atoms with Crippen LogP contribution >= 0.6 is 45.2 Å². The number of hydrogen-bond acceptors (Lipinski definition) is 3. The van der Waals surface area contributed by atoms with Gasteiger partial charge in [0.2, 0.25) is 0 Å². The fourth-order valence-corrected chi connectivity index (χ4v) is 2.37. The molecule has 0 amide bonds. The zero-order chi connectivity index (χ0) is 9.84. The second kappa shape index (κ2) is 5.54. The number of aliphatic hydroxyl groups excluding tert-OH is 1. The molecule has 0 unspecified atom stereocenters. The van der Waals surface area contributed by atoms with Crippen LogP contribution in [-0.4, -0.2) is 38.3 Å². The Morgan fingerprint density at radius 1 is 1.77 bits per heavy atom. The Kier molecular flexibility index (Phi) is 5.01. The van der Waals surface area contributed by atoms with Gasteiger partial charge >= 0.3 is 0 Å². The van der Waals surface area contributed by atoms with Crippen molar-refractivity contribution in [1.29, 1.82) is 0 Å². The van der Waals surface area contributed by atoms with Crippen LogP contribution in [0.5, 0.6) is 0 Å². The summed E-state index contributed by atoms with van der Waals surface area (Å²) >= 11 is 4.49. The first-order valence-electron chi connectivity index (χ1n) is 3.74. The minimum absolute atomic E-state index is 0.150. The molecule has 0 radical (unpaired) electrons. The van der Waals surface area contributed by atoms with Crippen molar-refractivity contribution >= 4 is 45.2 Å². The minimum atomic E-state index is -0.652. The van der Waals surface area contributed by atoms with Gasteiger partial charge in [0.15, 0.2) is 0 Å². The summed E-state index contributed by atoms with van der Waals surface area (Å²) in [7, 11) is 0. The van der Waals surface area contributed by atoms with Gasteiger partial charge in [0.1, 0.15) is 0 Å². The molecule has 1 aliphatic rings. The number of alkyl halides is 2. The molecule has 1 heterocycles. The van der Waals surface area contributed by atoms with Gasteiger partial charge in [-0.05, 0) is 5.53 Å². The van der Waals surface area contributed by atoms with Crippen molar-refractivity contribution in [1.82, 2.24) is 0 Å². The first-order valence-corrected chi connectivity index (χ1v) is 6.51. The lowest BCUT2D eigenvalue weighted by Gasteiger charge is -2.19. The Morgan fingerprint density at radius 3 is 3.00 bits per heavy atom. The van der Waals surface area contributed by atoms with Crippen LogP contribution in [-0.2, 0) is 4.74 Å². The van der Waals surface area contributed by atoms with E-state index in [0.717, 1.165) is 4.43 Å². The van der Waals surface area contributed by atoms with Crippen LogP contribution in [0, 0.1) is 0 Å². The second-order valence-corrected chi connectivity index (χ2v) is 5.21. The summed E-state index contributed by atoms with van der Waals surface area (Å²) in [5.74, 6) is 0. The van der Waals surface area contributed by atoms with E-state index in [0.29, 0.717) is 0 Å². The molecule has 1 N–H and O–H groups in total. The van der Waals surface area contributed by atoms with Crippen LogP contribution in [0.15, 0.2) is 5.11 Å². The Balaban J connectivity index is 2.68. The van der Waals surface area contributed by atoms with E-state index in [2.05, 4.69) is 55.2 Å². The van der Waals surface area contributed by atoms with Crippen molar-refractivity contribution in [3.63, 3.8) is 0 Å². The number of halogens is 2. The van der Waals surface area contributed by atoms with Crippen molar-refractivity contribution in [3.8, 4) is 0 Å². The molecular formula is C6H9I2N3O2. The lowest BCUT2D eigenvalue weighted by atomic mass is 10.1. The summed E-state index contributed by atoms with van der Waals surface area (Å²) in [5, 5.41) is 13.0. The molecule has 1 saturated heterocycles. The molecule has 1 aliphatic heterocycles. The Labute approximate surface area is 103 Å². The van der Waals surface area contributed by atoms with E-state index in [4.69, 9.17) is 10.3 Å². The number of hydrogen-bond donors (Lipinski definition) is 1. The number of aliphatic hydroxyl groups is 1. The number of azide groups is 1. The molecule has 1 fully saturated rings. The Morgan fingerprint density at radius 2 is 2.46 bits per heavy atom. The van der Waals surface area contributed by atoms with Gasteiger partial charge in [-0.2, -0.15) is 0 Å². The average molecular weight is 409 g/mol. The van der Waals surface area contributed by atoms with Crippen molar-refractivity contribution in [2.45, 2.75) is 22.2 Å². The standard InChI is InChI=1S/C6H9I2N3O2/c7-1-3(8)6-5(10-11-9)4(12)2-13-6/h3-6,12H,1-2H2/t3-,4+,5-,6-/m1/s1. The predicted octanol–water partition coefficient (Wildman–Crippen LogP) is 1.66. The normalized spacial score (nSPS) is 35.5. The molecule has 1 rings (SSSR count). The van der Waals surface area contributed by atoms with Crippen LogP contribution in [0.1, 0.15) is 0 Å². The SMILES string of the molecule is [N-]=[N+]=N[C@H]1[C@@H]([C@H](I)CI)OC[C@@H]1O. The van der Waals surface area contributed by atoms with Crippen LogP contribution in [0.3, 0.4) is 0 Å². The third-order valence-corrected chi connectivity index (χ3v) is 5.66. The number of nitrogens with zero attached hydrogens (tertiary/aromatic N) is 3. The van der Waals surface area contributed by atoms with Crippen LogP contribution in [0.25, 0.3) is 10.4 Å². The van der Waals surface area contributed by atoms with Gasteiger partial charge < -0.3 is 9.84 Å². The van der Waals surface area contributed by atoms with Crippen LogP contribution < -0.4 is 0 Å². The molecule has 0 aromatic rings. The number of rotatable bonds is 3. The van der Waals surface area contributed by atoms with Gasteiger partial charge in [-0.25, -0.2) is 0 Å². The zero-order valence-electron chi connectivity index (χ0n) is 6.68. The maximum Gasteiger partial charge on any atom is 0.0928 e. The van der Waals surface area contributed by atoms with Crippen molar-refractivity contribution in [2.24, 2.45) is 5.11 Å². The highest BCUT2D eigenvalue weighted by atomic mass is 127. The van der Waals surface area contributed by atoms with Gasteiger partial charge in [0.05, 0.1) is 24.9 Å². The summed E-state index contributed by atoms with van der Waals surface area (Å²) in [4.78, 5) is 2.71. The third-order valence-electron chi connectivity index (χ3n) is 1.88. The highest BCUT2D eigenvalue weighted by Crippen LogP contribution is 2.26. The fourth-order valence-electron chi connectivity index (χ4n) is 1.23. The maximum absolute atomic E-state index is 9.44. The van der Waals surface area contributed by atoms with Crippen molar-refractivity contribution < 1.29 is 9.84 Å². The first kappa shape index (κ1) is 11.8. The fraction of sp³-hybridized carbons (Fsp3) is 1.00. The lowest BCUT2D eigenvalue weighted by Crippen LogP contribution is -2.34. The largest absolute Gasteiger partial charge is 0.390 e. The van der Waals surface area contributed by atoms with Gasteiger partial charge in [-0.1, -0.05) is 50.3 Å². The summed E-state index contributed by atoms with van der Waals surface area (Å²) in [5.41, 5.74) is 8.30. The monoisotopic (exact) mass is 409 g/mol. The predicted molar refractivity (Wildman–Crippen MR) is 65.4 cm³/mol. The van der Waals surface area contributed by atoms with Crippen molar-refractivity contribution in [3.05, 3.63) is 10.4 Å². The van der Waals surface area contributed by atoms with Crippen LogP contribution in [0.4, 0.5) is 0 Å². The van der Waals surface area contributed by atoms with E-state index in [1.54, 1.807) is 0 Å². The summed E-state index contributed by atoms with van der Waals surface area (Å²) in [6.07, 6.45) is -0.801. The molecule has 0 aliphatic carbocycles. The maximum atomic E-state index is 9.44. The van der Waals surface area contributed by atoms with E-state index in [1.807, 2.05) is 0 Å². The van der Waals surface area contributed by atoms with Gasteiger partial charge in [0, 0.05) is 13.3 Å². The van der Waals surface area contributed by atoms with E-state index >= 15 is 0 Å². The Bertz CT molecular complexity index is 222. The van der Waals surface area contributed by atoms with E-state index in [9.17, 15) is 5.11 Å². The lowest BCUT2D eigenvalue weighted by molar-refractivity contribution is 0.0918. The van der Waals surface area contributed by atoms with Gasteiger partial charge in [-0.15, -0.1) is 0 Å². The topological polar surface area (TPSA) is 78.2 Å². The molecule has 0 aromatic heterocycles. The molecule has 0 bridgehead atoms. The van der Waals surface area contributed by atoms with Gasteiger partial charge in [0.25, 0.3) is 0 Å². The summed E-state index contributed by atoms with van der Waals surface area (Å²) in [6, 6.07) is -0.429. The smallest absolute Gasteiger partial charge is 0.0928 e. The first-order chi connectivity index (χ1) is 6.20. The molecule has 5 nitrogen and oxygen atoms in total. The highest BCUT2D eigenvalue weighted by Gasteiger charge is 2.38. The molecule has 0 saturated carbocycles. The number of ether oxygens (including phenoxy) is 1. The molecule has 74 valence electrons. The molecular weight excluding hydrogens is 400 g/mol. The van der Waals surface area contributed by atoms with Gasteiger partial charge in [-0.3, -0.25) is 0 Å². The average Bonchev–Trinajstić information content (AvgIpc) is 2.48. The molecule has 0 spiro atoms. The van der Waals surface area contributed by atoms with E-state index in [1.165, 1.54) is 0 Å². The minimum Gasteiger partial charge on any atom is -0.390 e. The van der Waals surface area contributed by atoms with Crippen LogP contribution in [0.2, 0.25) is 0 Å². The zero-order valence-corrected chi connectivity index (χ0v) is 11.0. The molecule has 4 atom stereocenters. The third kappa shape index (κ3) is 2.82. The second-order valence-electron chi connectivity index (χ2n) is 2.73. The Hall–Kier alpha value is 0.690. The summed E-state index contributed by atoms with van der Waals surface area (Å²) in [6.45, 7) is 0.268. The molecule has 7 heteroatoms. The highest BCUT2D eigenvalue weighted by molar-refractivity contribution is 14.1. The van der Waals surface area contributed by atoms with E-state index < -0.39 is 12.1 Å². The van der Waals surface area contributed by atoms with Crippen molar-refractivity contribution in [2.75, 3.05) is 11.0 Å².